The first-order valence-electron chi connectivity index (χ1n) is 15.8. The van der Waals surface area contributed by atoms with Crippen LogP contribution in [0.4, 0.5) is 0 Å². The smallest absolute Gasteiger partial charge is 0.305 e. The van der Waals surface area contributed by atoms with Crippen LogP contribution in [0, 0.1) is 17.8 Å². The predicted molar refractivity (Wildman–Crippen MR) is 148 cm³/mol. The van der Waals surface area contributed by atoms with Crippen molar-refractivity contribution in [2.75, 3.05) is 6.61 Å². The van der Waals surface area contributed by atoms with E-state index in [4.69, 9.17) is 15.0 Å². The number of carbonyl (C=O) groups is 1. The number of fused-ring (bicyclic) bond motifs is 2. The average Bonchev–Trinajstić information content (AvgIpc) is 3.37. The largest absolute Gasteiger partial charge is 0.465 e. The first-order valence-corrected chi connectivity index (χ1v) is 15.8. The van der Waals surface area contributed by atoms with E-state index in [-0.39, 0.29) is 5.97 Å². The molecule has 0 aliphatic heterocycles. The molecule has 1 aromatic rings. The molecule has 2 aliphatic carbocycles. The molecule has 0 N–H and O–H groups in total. The number of esters is 1. The summed E-state index contributed by atoms with van der Waals surface area (Å²) in [7, 11) is 0. The van der Waals surface area contributed by atoms with E-state index >= 15 is 0 Å². The third kappa shape index (κ3) is 9.17. The van der Waals surface area contributed by atoms with Crippen molar-refractivity contribution in [2.24, 2.45) is 17.8 Å². The summed E-state index contributed by atoms with van der Waals surface area (Å²) < 4.78 is 8.04. The predicted octanol–water partition coefficient (Wildman–Crippen LogP) is 8.40. The molecule has 2 aliphatic rings. The zero-order valence-electron chi connectivity index (χ0n) is 23.8. The molecule has 5 nitrogen and oxygen atoms in total. The molecular weight excluding hydrogens is 446 g/mol. The maximum Gasteiger partial charge on any atom is 0.305 e. The fourth-order valence-electron chi connectivity index (χ4n) is 6.46. The molecule has 1 heterocycles. The van der Waals surface area contributed by atoms with E-state index in [0.29, 0.717) is 36.8 Å². The summed E-state index contributed by atoms with van der Waals surface area (Å²) in [4.78, 5) is 12.1. The number of ether oxygens (including phenoxy) is 1. The number of nitrogens with zero attached hydrogens (tertiary/aromatic N) is 3. The Kier molecular flexibility index (Phi) is 13.3. The second-order valence-corrected chi connectivity index (χ2v) is 11.7. The van der Waals surface area contributed by atoms with Crippen molar-refractivity contribution >= 4 is 5.97 Å². The highest BCUT2D eigenvalue weighted by atomic mass is 16.5. The Hall–Kier alpha value is -1.39. The van der Waals surface area contributed by atoms with Crippen LogP contribution in [0.25, 0.3) is 0 Å². The summed E-state index contributed by atoms with van der Waals surface area (Å²) in [6, 6.07) is 0.513. The molecular formula is C31H55N3O2. The number of hydrogen-bond acceptors (Lipinski definition) is 4. The fraction of sp³-hybridized carbons (Fsp3) is 0.903. The van der Waals surface area contributed by atoms with Crippen molar-refractivity contribution in [2.45, 2.75) is 155 Å². The molecule has 3 atom stereocenters. The van der Waals surface area contributed by atoms with Gasteiger partial charge < -0.3 is 4.74 Å². The summed E-state index contributed by atoms with van der Waals surface area (Å²) in [6.45, 7) is 7.38. The van der Waals surface area contributed by atoms with E-state index in [9.17, 15) is 4.79 Å². The minimum atomic E-state index is 0.00373. The van der Waals surface area contributed by atoms with E-state index in [1.165, 1.54) is 101 Å². The number of rotatable bonds is 19. The lowest BCUT2D eigenvalue weighted by Gasteiger charge is -2.21. The zero-order chi connectivity index (χ0) is 25.6. The van der Waals surface area contributed by atoms with Crippen LogP contribution in [0.15, 0.2) is 0 Å². The topological polar surface area (TPSA) is 57.0 Å². The van der Waals surface area contributed by atoms with E-state index in [2.05, 4.69) is 25.5 Å². The molecule has 1 fully saturated rings. The normalized spacial score (nSPS) is 21.1. The molecule has 1 aromatic heterocycles. The highest BCUT2D eigenvalue weighted by Crippen LogP contribution is 2.53. The lowest BCUT2D eigenvalue weighted by atomic mass is 9.98. The van der Waals surface area contributed by atoms with Gasteiger partial charge >= 0.3 is 5.97 Å². The quantitative estimate of drug-likeness (QED) is 0.141. The van der Waals surface area contributed by atoms with Crippen LogP contribution in [0.5, 0.6) is 0 Å². The summed E-state index contributed by atoms with van der Waals surface area (Å²) in [5, 5.41) is 9.48. The molecule has 0 spiro atoms. The average molecular weight is 502 g/mol. The Balaban J connectivity index is 1.53. The van der Waals surface area contributed by atoms with Crippen molar-refractivity contribution in [3.8, 4) is 0 Å². The number of aromatic nitrogens is 3. The highest BCUT2D eigenvalue weighted by molar-refractivity contribution is 5.69. The molecule has 0 saturated heterocycles. The summed E-state index contributed by atoms with van der Waals surface area (Å²) >= 11 is 0. The number of unbranched alkanes of at least 4 members (excludes halogenated alkanes) is 10. The summed E-state index contributed by atoms with van der Waals surface area (Å²) in [6.07, 6.45) is 24.2. The number of hydrogen-bond donors (Lipinski definition) is 0. The minimum Gasteiger partial charge on any atom is -0.465 e. The Bertz CT molecular complexity index is 732. The maximum absolute atomic E-state index is 12.1. The standard InChI is InChI=1S/C31H55N3O2/c1-4-7-10-12-15-17-25(18-16-13-11-8-5-2)34-30-23-21-27-26(20-22-29(30)32-33-34)28(27)24-36-31(35)19-14-9-6-3/h25-28H,4-24H2,1-3H3/t26-,27+,28-/m0/s1. The first-order chi connectivity index (χ1) is 17.7. The first kappa shape index (κ1) is 29.2. The van der Waals surface area contributed by atoms with Gasteiger partial charge in [0.05, 0.1) is 24.0 Å². The highest BCUT2D eigenvalue weighted by Gasteiger charge is 2.50. The van der Waals surface area contributed by atoms with Gasteiger partial charge in [0.15, 0.2) is 0 Å². The Labute approximate surface area is 221 Å². The number of carbonyl (C=O) groups excluding carboxylic acids is 1. The minimum absolute atomic E-state index is 0.00373. The maximum atomic E-state index is 12.1. The van der Waals surface area contributed by atoms with Gasteiger partial charge in [0.2, 0.25) is 0 Å². The number of aryl methyl sites for hydroxylation is 1. The molecule has 3 rings (SSSR count). The second-order valence-electron chi connectivity index (χ2n) is 11.7. The van der Waals surface area contributed by atoms with Gasteiger partial charge in [0.25, 0.3) is 0 Å². The van der Waals surface area contributed by atoms with Crippen LogP contribution >= 0.6 is 0 Å². The third-order valence-electron chi connectivity index (χ3n) is 8.86. The molecule has 36 heavy (non-hydrogen) atoms. The van der Waals surface area contributed by atoms with E-state index < -0.39 is 0 Å². The Morgan fingerprint density at radius 3 is 2.06 bits per heavy atom. The van der Waals surface area contributed by atoms with Crippen LogP contribution in [0.1, 0.15) is 154 Å². The van der Waals surface area contributed by atoms with Crippen molar-refractivity contribution in [3.63, 3.8) is 0 Å². The van der Waals surface area contributed by atoms with Gasteiger partial charge in [-0.25, -0.2) is 4.68 Å². The van der Waals surface area contributed by atoms with Crippen LogP contribution in [0.3, 0.4) is 0 Å². The van der Waals surface area contributed by atoms with Gasteiger partial charge in [-0.2, -0.15) is 0 Å². The van der Waals surface area contributed by atoms with Crippen molar-refractivity contribution in [3.05, 3.63) is 11.4 Å². The van der Waals surface area contributed by atoms with Crippen LogP contribution in [0.2, 0.25) is 0 Å². The third-order valence-corrected chi connectivity index (χ3v) is 8.86. The van der Waals surface area contributed by atoms with Gasteiger partial charge in [0.1, 0.15) is 0 Å². The summed E-state index contributed by atoms with van der Waals surface area (Å²) in [5.41, 5.74) is 2.67. The van der Waals surface area contributed by atoms with Gasteiger partial charge in [-0.05, 0) is 62.7 Å². The van der Waals surface area contributed by atoms with Crippen molar-refractivity contribution in [1.29, 1.82) is 0 Å². The molecule has 206 valence electrons. The van der Waals surface area contributed by atoms with Crippen molar-refractivity contribution in [1.82, 2.24) is 15.0 Å². The van der Waals surface area contributed by atoms with Crippen LogP contribution in [-0.4, -0.2) is 27.6 Å². The monoisotopic (exact) mass is 501 g/mol. The van der Waals surface area contributed by atoms with Gasteiger partial charge in [-0.15, -0.1) is 5.10 Å². The van der Waals surface area contributed by atoms with E-state index in [0.717, 1.165) is 32.1 Å². The molecule has 0 amide bonds. The van der Waals surface area contributed by atoms with E-state index in [1.807, 2.05) is 0 Å². The molecule has 0 bridgehead atoms. The van der Waals surface area contributed by atoms with Gasteiger partial charge in [-0.1, -0.05) is 103 Å². The summed E-state index contributed by atoms with van der Waals surface area (Å²) in [5.74, 6) is 1.99. The molecule has 1 saturated carbocycles. The van der Waals surface area contributed by atoms with Crippen molar-refractivity contribution < 1.29 is 9.53 Å². The van der Waals surface area contributed by atoms with Crippen LogP contribution in [-0.2, 0) is 22.4 Å². The zero-order valence-corrected chi connectivity index (χ0v) is 23.8. The Morgan fingerprint density at radius 2 is 1.42 bits per heavy atom. The lowest BCUT2D eigenvalue weighted by Crippen LogP contribution is -2.16. The SMILES string of the molecule is CCCCCCCC(CCCCCCC)n1nnc2c1CC[C@@H]1[C@H](CC2)[C@@H]1COC(=O)CCCCC. The fourth-order valence-corrected chi connectivity index (χ4v) is 6.46. The molecule has 0 unspecified atom stereocenters. The van der Waals surface area contributed by atoms with Gasteiger partial charge in [-0.3, -0.25) is 4.79 Å². The molecule has 0 aromatic carbocycles. The Morgan fingerprint density at radius 1 is 0.833 bits per heavy atom. The van der Waals surface area contributed by atoms with E-state index in [1.54, 1.807) is 0 Å². The lowest BCUT2D eigenvalue weighted by molar-refractivity contribution is -0.144. The molecule has 5 heteroatoms. The van der Waals surface area contributed by atoms with Crippen LogP contribution < -0.4 is 0 Å². The second kappa shape index (κ2) is 16.5. The van der Waals surface area contributed by atoms with Gasteiger partial charge in [0, 0.05) is 6.42 Å². The molecule has 0 radical (unpaired) electrons.